The molecule has 1 aliphatic heterocycles. The van der Waals surface area contributed by atoms with E-state index in [1.54, 1.807) is 37.3 Å². The number of nitrogens with zero attached hydrogens (tertiary/aromatic N) is 2. The Bertz CT molecular complexity index is 881. The lowest BCUT2D eigenvalue weighted by Crippen LogP contribution is -2.04. The molecule has 0 saturated carbocycles. The van der Waals surface area contributed by atoms with E-state index in [0.717, 1.165) is 0 Å². The summed E-state index contributed by atoms with van der Waals surface area (Å²) >= 11 is 0. The van der Waals surface area contributed by atoms with Gasteiger partial charge in [0, 0.05) is 0 Å². The van der Waals surface area contributed by atoms with Crippen LogP contribution in [0.3, 0.4) is 0 Å². The molecule has 0 radical (unpaired) electrons. The Morgan fingerprint density at radius 1 is 1.08 bits per heavy atom. The third kappa shape index (κ3) is 2.54. The first kappa shape index (κ1) is 14.5. The Morgan fingerprint density at radius 3 is 2.83 bits per heavy atom. The average molecular weight is 328 g/mol. The molecule has 2 heterocycles. The highest BCUT2D eigenvalue weighted by Crippen LogP contribution is 2.40. The molecule has 2 aromatic carbocycles. The maximum absolute atomic E-state index is 13.7. The highest BCUT2D eigenvalue weighted by Gasteiger charge is 2.24. The molecule has 0 saturated heterocycles. The monoisotopic (exact) mass is 328 g/mol. The number of fused-ring (bicyclic) bond motifs is 1. The van der Waals surface area contributed by atoms with Crippen molar-refractivity contribution >= 4 is 0 Å². The molecule has 0 N–H and O–H groups in total. The van der Waals surface area contributed by atoms with Gasteiger partial charge in [-0.05, 0) is 31.2 Å². The normalized spacial score (nSPS) is 13.8. The van der Waals surface area contributed by atoms with E-state index in [2.05, 4.69) is 10.2 Å². The van der Waals surface area contributed by atoms with Gasteiger partial charge in [-0.2, -0.15) is 0 Å². The smallest absolute Gasteiger partial charge is 0.257 e. The summed E-state index contributed by atoms with van der Waals surface area (Å²) in [6, 6.07) is 11.6. The number of aromatic nitrogens is 2. The molecule has 1 atom stereocenters. The maximum atomic E-state index is 13.7. The predicted molar refractivity (Wildman–Crippen MR) is 81.3 cm³/mol. The van der Waals surface area contributed by atoms with Crippen molar-refractivity contribution in [2.75, 3.05) is 6.79 Å². The average Bonchev–Trinajstić information content (AvgIpc) is 3.25. The Labute approximate surface area is 136 Å². The molecule has 0 spiro atoms. The van der Waals surface area contributed by atoms with Crippen LogP contribution < -0.4 is 14.2 Å². The first-order valence-electron chi connectivity index (χ1n) is 7.36. The number of rotatable bonds is 4. The van der Waals surface area contributed by atoms with E-state index in [1.165, 1.54) is 6.07 Å². The van der Waals surface area contributed by atoms with Crippen LogP contribution in [-0.4, -0.2) is 17.0 Å². The van der Waals surface area contributed by atoms with Gasteiger partial charge in [0.1, 0.15) is 0 Å². The van der Waals surface area contributed by atoms with Crippen LogP contribution in [0.4, 0.5) is 4.39 Å². The summed E-state index contributed by atoms with van der Waals surface area (Å²) in [7, 11) is 0. The van der Waals surface area contributed by atoms with Crippen molar-refractivity contribution in [1.82, 2.24) is 10.2 Å². The van der Waals surface area contributed by atoms with Crippen molar-refractivity contribution in [3.05, 3.63) is 54.2 Å². The minimum atomic E-state index is -0.600. The number of ether oxygens (including phenoxy) is 3. The molecule has 0 amide bonds. The molecule has 4 rings (SSSR count). The Hall–Kier alpha value is -3.09. The zero-order valence-corrected chi connectivity index (χ0v) is 12.7. The lowest BCUT2D eigenvalue weighted by atomic mass is 10.2. The van der Waals surface area contributed by atoms with Gasteiger partial charge in [0.05, 0.1) is 5.56 Å². The van der Waals surface area contributed by atoms with E-state index in [-0.39, 0.29) is 24.3 Å². The van der Waals surface area contributed by atoms with Gasteiger partial charge < -0.3 is 18.6 Å². The molecule has 7 heteroatoms. The van der Waals surface area contributed by atoms with Gasteiger partial charge in [-0.1, -0.05) is 18.2 Å². The third-order valence-electron chi connectivity index (χ3n) is 3.56. The van der Waals surface area contributed by atoms with Crippen LogP contribution in [-0.2, 0) is 0 Å². The largest absolute Gasteiger partial charge is 0.478 e. The number of hydrogen-bond donors (Lipinski definition) is 0. The fourth-order valence-electron chi connectivity index (χ4n) is 2.39. The molecule has 1 aromatic heterocycles. The van der Waals surface area contributed by atoms with Gasteiger partial charge in [-0.25, -0.2) is 4.39 Å². The minimum absolute atomic E-state index is 0.127. The minimum Gasteiger partial charge on any atom is -0.478 e. The summed E-state index contributed by atoms with van der Waals surface area (Å²) < 4.78 is 35.6. The highest BCUT2D eigenvalue weighted by molar-refractivity contribution is 5.68. The molecule has 0 bridgehead atoms. The van der Waals surface area contributed by atoms with Crippen LogP contribution in [0.15, 0.2) is 46.9 Å². The van der Waals surface area contributed by atoms with Gasteiger partial charge in [0.15, 0.2) is 29.2 Å². The van der Waals surface area contributed by atoms with Crippen LogP contribution in [0.25, 0.3) is 11.5 Å². The van der Waals surface area contributed by atoms with Crippen LogP contribution in [0.2, 0.25) is 0 Å². The van der Waals surface area contributed by atoms with Crippen molar-refractivity contribution in [2.24, 2.45) is 0 Å². The van der Waals surface area contributed by atoms with Gasteiger partial charge >= 0.3 is 0 Å². The molecule has 0 aliphatic carbocycles. The summed E-state index contributed by atoms with van der Waals surface area (Å²) in [5.41, 5.74) is 0.641. The number of benzene rings is 2. The van der Waals surface area contributed by atoms with Gasteiger partial charge in [0.2, 0.25) is 6.79 Å². The first-order valence-corrected chi connectivity index (χ1v) is 7.36. The second-order valence-corrected chi connectivity index (χ2v) is 5.18. The van der Waals surface area contributed by atoms with Crippen LogP contribution in [0.1, 0.15) is 18.9 Å². The number of para-hydroxylation sites is 2. The van der Waals surface area contributed by atoms with Crippen LogP contribution in [0, 0.1) is 5.82 Å². The fraction of sp³-hybridized carbons (Fsp3) is 0.176. The van der Waals surface area contributed by atoms with Crippen molar-refractivity contribution in [3.8, 4) is 28.7 Å². The highest BCUT2D eigenvalue weighted by atomic mass is 19.1. The number of halogens is 1. The zero-order chi connectivity index (χ0) is 16.5. The molecule has 1 unspecified atom stereocenters. The van der Waals surface area contributed by atoms with Crippen molar-refractivity contribution in [3.63, 3.8) is 0 Å². The predicted octanol–water partition coefficient (Wildman–Crippen LogP) is 3.74. The first-order chi connectivity index (χ1) is 11.7. The third-order valence-corrected chi connectivity index (χ3v) is 3.56. The summed E-state index contributed by atoms with van der Waals surface area (Å²) in [5, 5.41) is 8.01. The fourth-order valence-corrected chi connectivity index (χ4v) is 2.39. The van der Waals surface area contributed by atoms with E-state index in [1.807, 2.05) is 6.07 Å². The summed E-state index contributed by atoms with van der Waals surface area (Å²) in [6.45, 7) is 1.86. The molecule has 24 heavy (non-hydrogen) atoms. The van der Waals surface area contributed by atoms with E-state index in [0.29, 0.717) is 17.1 Å². The molecule has 122 valence electrons. The quantitative estimate of drug-likeness (QED) is 0.727. The second-order valence-electron chi connectivity index (χ2n) is 5.18. The molecule has 1 aliphatic rings. The Balaban J connectivity index is 1.59. The SMILES string of the molecule is CC(Oc1ccccc1F)c1nnc(-c2cccc3c2OCO3)o1. The van der Waals surface area contributed by atoms with E-state index >= 15 is 0 Å². The standard InChI is InChI=1S/C17H13FN2O4/c1-10(23-13-7-3-2-6-12(13)18)16-19-20-17(24-16)11-5-4-8-14-15(11)22-9-21-14/h2-8,10H,9H2,1H3. The lowest BCUT2D eigenvalue weighted by Gasteiger charge is -2.11. The van der Waals surface area contributed by atoms with Crippen molar-refractivity contribution < 1.29 is 23.0 Å². The van der Waals surface area contributed by atoms with E-state index in [9.17, 15) is 4.39 Å². The molecular weight excluding hydrogens is 315 g/mol. The van der Waals surface area contributed by atoms with E-state index < -0.39 is 11.9 Å². The molecular formula is C17H13FN2O4. The summed E-state index contributed by atoms with van der Waals surface area (Å²) in [4.78, 5) is 0. The van der Waals surface area contributed by atoms with Gasteiger partial charge in [0.25, 0.3) is 11.8 Å². The zero-order valence-electron chi connectivity index (χ0n) is 12.7. The van der Waals surface area contributed by atoms with Crippen LogP contribution >= 0.6 is 0 Å². The van der Waals surface area contributed by atoms with Gasteiger partial charge in [-0.15, -0.1) is 10.2 Å². The number of hydrogen-bond acceptors (Lipinski definition) is 6. The Kier molecular flexibility index (Phi) is 3.53. The van der Waals surface area contributed by atoms with Crippen LogP contribution in [0.5, 0.6) is 17.2 Å². The van der Waals surface area contributed by atoms with E-state index in [4.69, 9.17) is 18.6 Å². The molecule has 3 aromatic rings. The topological polar surface area (TPSA) is 66.6 Å². The summed E-state index contributed by atoms with van der Waals surface area (Å²) in [5.74, 6) is 1.40. The van der Waals surface area contributed by atoms with Crippen molar-refractivity contribution in [1.29, 1.82) is 0 Å². The van der Waals surface area contributed by atoms with Crippen molar-refractivity contribution in [2.45, 2.75) is 13.0 Å². The molecule has 6 nitrogen and oxygen atoms in total. The molecule has 0 fully saturated rings. The van der Waals surface area contributed by atoms with Gasteiger partial charge in [-0.3, -0.25) is 0 Å². The Morgan fingerprint density at radius 2 is 1.96 bits per heavy atom. The lowest BCUT2D eigenvalue weighted by molar-refractivity contribution is 0.173. The second kappa shape index (κ2) is 5.84. The maximum Gasteiger partial charge on any atom is 0.257 e. The summed E-state index contributed by atoms with van der Waals surface area (Å²) in [6.07, 6.45) is -0.600.